The summed E-state index contributed by atoms with van der Waals surface area (Å²) in [7, 11) is 0. The molecule has 13 heteroatoms. The maximum atomic E-state index is 14.4. The van der Waals surface area contributed by atoms with E-state index < -0.39 is 17.6 Å². The van der Waals surface area contributed by atoms with Gasteiger partial charge in [-0.2, -0.15) is 18.4 Å². The normalized spacial score (nSPS) is 15.4. The molecule has 1 unspecified atom stereocenters. The number of nitrogens with zero attached hydrogens (tertiary/aromatic N) is 6. The number of rotatable bonds is 5. The average molecular weight is 561 g/mol. The number of halogens is 3. The van der Waals surface area contributed by atoms with E-state index in [4.69, 9.17) is 11.0 Å². The lowest BCUT2D eigenvalue weighted by Crippen LogP contribution is -2.38. The number of benzene rings is 1. The first kappa shape index (κ1) is 27.3. The Bertz CT molecular complexity index is 1720. The molecule has 208 valence electrons. The fourth-order valence-corrected chi connectivity index (χ4v) is 4.97. The molecule has 0 aliphatic carbocycles. The van der Waals surface area contributed by atoms with Crippen molar-refractivity contribution >= 4 is 29.1 Å². The molecule has 3 aromatic heterocycles. The molecule has 41 heavy (non-hydrogen) atoms. The molecular formula is C28H23F3N8O2. The number of alkyl halides is 3. The highest BCUT2D eigenvalue weighted by Gasteiger charge is 2.37. The molecule has 1 aromatic carbocycles. The van der Waals surface area contributed by atoms with Gasteiger partial charge in [0, 0.05) is 42.5 Å². The number of nitriles is 1. The second kappa shape index (κ2) is 10.7. The summed E-state index contributed by atoms with van der Waals surface area (Å²) in [6.07, 6.45) is 0.472. The number of hydrogen-bond acceptors (Lipinski definition) is 7. The lowest BCUT2D eigenvalue weighted by Gasteiger charge is -2.31. The fourth-order valence-electron chi connectivity index (χ4n) is 4.97. The summed E-state index contributed by atoms with van der Waals surface area (Å²) in [5.41, 5.74) is 5.67. The largest absolute Gasteiger partial charge is 0.417 e. The van der Waals surface area contributed by atoms with Crippen LogP contribution in [0.5, 0.6) is 0 Å². The number of carbonyl (C=O) groups excluding carboxylic acids is 2. The van der Waals surface area contributed by atoms with E-state index in [1.165, 1.54) is 41.1 Å². The first-order valence-corrected chi connectivity index (χ1v) is 12.5. The molecule has 0 spiro atoms. The predicted octanol–water partition coefficient (Wildman–Crippen LogP) is 4.41. The van der Waals surface area contributed by atoms with Crippen LogP contribution >= 0.6 is 0 Å². The zero-order valence-electron chi connectivity index (χ0n) is 21.5. The molecule has 10 nitrogen and oxygen atoms in total. The van der Waals surface area contributed by atoms with Crippen molar-refractivity contribution in [2.75, 3.05) is 24.1 Å². The van der Waals surface area contributed by atoms with E-state index in [1.54, 1.807) is 11.0 Å². The van der Waals surface area contributed by atoms with Crippen LogP contribution in [-0.4, -0.2) is 49.2 Å². The monoisotopic (exact) mass is 560 g/mol. The highest BCUT2D eigenvalue weighted by Crippen LogP contribution is 2.40. The Morgan fingerprint density at radius 3 is 2.68 bits per heavy atom. The summed E-state index contributed by atoms with van der Waals surface area (Å²) in [6.45, 7) is 4.40. The minimum Gasteiger partial charge on any atom is -0.369 e. The summed E-state index contributed by atoms with van der Waals surface area (Å²) in [4.78, 5) is 39.3. The molecule has 1 fully saturated rings. The zero-order chi connectivity index (χ0) is 29.3. The SMILES string of the molecule is C=CC(=O)N1CCCC(c2nc(-c3ccc(C(=O)Nc4cc(C#N)ccn4)cc3C(F)(F)F)n3c(N)nccc23)C1. The van der Waals surface area contributed by atoms with Crippen LogP contribution in [0.4, 0.5) is 24.9 Å². The van der Waals surface area contributed by atoms with Gasteiger partial charge in [0.25, 0.3) is 5.91 Å². The highest BCUT2D eigenvalue weighted by atomic mass is 19.4. The summed E-state index contributed by atoms with van der Waals surface area (Å²) in [5.74, 6) is -1.46. The number of hydrogen-bond donors (Lipinski definition) is 2. The van der Waals surface area contributed by atoms with Gasteiger partial charge in [-0.25, -0.2) is 15.0 Å². The number of anilines is 2. The van der Waals surface area contributed by atoms with Gasteiger partial charge in [-0.05, 0) is 55.3 Å². The van der Waals surface area contributed by atoms with Gasteiger partial charge in [-0.1, -0.05) is 6.58 Å². The predicted molar refractivity (Wildman–Crippen MR) is 143 cm³/mol. The third-order valence-corrected chi connectivity index (χ3v) is 6.86. The minimum absolute atomic E-state index is 0.0193. The van der Waals surface area contributed by atoms with Gasteiger partial charge in [0.2, 0.25) is 11.9 Å². The summed E-state index contributed by atoms with van der Waals surface area (Å²) in [6, 6.07) is 9.39. The topological polar surface area (TPSA) is 142 Å². The number of carbonyl (C=O) groups is 2. The fraction of sp³-hybridized carbons (Fsp3) is 0.214. The number of fused-ring (bicyclic) bond motifs is 1. The average Bonchev–Trinajstić information content (AvgIpc) is 3.37. The lowest BCUT2D eigenvalue weighted by molar-refractivity contribution is -0.137. The first-order valence-electron chi connectivity index (χ1n) is 12.5. The van der Waals surface area contributed by atoms with Crippen molar-refractivity contribution in [1.29, 1.82) is 5.26 Å². The van der Waals surface area contributed by atoms with Crippen molar-refractivity contribution < 1.29 is 22.8 Å². The maximum absolute atomic E-state index is 14.4. The van der Waals surface area contributed by atoms with E-state index in [2.05, 4.69) is 26.8 Å². The van der Waals surface area contributed by atoms with Crippen LogP contribution in [0.15, 0.2) is 61.4 Å². The number of pyridine rings is 1. The van der Waals surface area contributed by atoms with Crippen LogP contribution in [0.3, 0.4) is 0 Å². The molecule has 4 heterocycles. The van der Waals surface area contributed by atoms with Crippen LogP contribution in [0.1, 0.15) is 45.9 Å². The van der Waals surface area contributed by atoms with Crippen LogP contribution in [0, 0.1) is 11.3 Å². The second-order valence-electron chi connectivity index (χ2n) is 9.43. The Balaban J connectivity index is 1.59. The summed E-state index contributed by atoms with van der Waals surface area (Å²) < 4.78 is 44.6. The summed E-state index contributed by atoms with van der Waals surface area (Å²) >= 11 is 0. The Kier molecular flexibility index (Phi) is 7.15. The van der Waals surface area contributed by atoms with Gasteiger partial charge in [0.05, 0.1) is 28.4 Å². The molecule has 2 amide bonds. The van der Waals surface area contributed by atoms with Gasteiger partial charge in [0.1, 0.15) is 11.6 Å². The standard InChI is InChI=1S/C28H23F3N8O2/c1-2-23(40)38-11-3-4-18(15-38)24-21-8-10-35-27(33)39(21)25(37-24)19-6-5-17(13-20(19)28(29,30)31)26(41)36-22-12-16(14-32)7-9-34-22/h2,5-10,12-13,18H,1,3-4,11,15H2,(H2,33,35)(H,34,36,41). The van der Waals surface area contributed by atoms with E-state index in [-0.39, 0.29) is 46.1 Å². The van der Waals surface area contributed by atoms with E-state index in [1.807, 2.05) is 6.07 Å². The van der Waals surface area contributed by atoms with E-state index >= 15 is 0 Å². The van der Waals surface area contributed by atoms with E-state index in [0.717, 1.165) is 12.1 Å². The molecule has 0 radical (unpaired) electrons. The molecule has 1 aliphatic heterocycles. The van der Waals surface area contributed by atoms with Crippen molar-refractivity contribution in [3.8, 4) is 17.5 Å². The molecule has 1 saturated heterocycles. The number of imidazole rings is 1. The van der Waals surface area contributed by atoms with Crippen LogP contribution in [0.25, 0.3) is 16.9 Å². The third kappa shape index (κ3) is 5.31. The number of nitrogens with one attached hydrogen (secondary N) is 1. The van der Waals surface area contributed by atoms with Crippen molar-refractivity contribution in [1.82, 2.24) is 24.3 Å². The molecular weight excluding hydrogens is 537 g/mol. The van der Waals surface area contributed by atoms with Crippen LogP contribution in [-0.2, 0) is 11.0 Å². The Morgan fingerprint density at radius 1 is 1.17 bits per heavy atom. The molecule has 5 rings (SSSR count). The minimum atomic E-state index is -4.86. The van der Waals surface area contributed by atoms with Gasteiger partial charge >= 0.3 is 6.18 Å². The Hall–Kier alpha value is -5.25. The molecule has 1 atom stereocenters. The van der Waals surface area contributed by atoms with Gasteiger partial charge in [-0.3, -0.25) is 14.0 Å². The molecule has 1 aliphatic rings. The number of piperidine rings is 1. The Morgan fingerprint density at radius 2 is 1.95 bits per heavy atom. The summed E-state index contributed by atoms with van der Waals surface area (Å²) in [5, 5.41) is 11.5. The van der Waals surface area contributed by atoms with Crippen molar-refractivity contribution in [2.45, 2.75) is 24.9 Å². The number of nitrogen functional groups attached to an aromatic ring is 1. The van der Waals surface area contributed by atoms with Crippen molar-refractivity contribution in [3.63, 3.8) is 0 Å². The van der Waals surface area contributed by atoms with Crippen LogP contribution in [0.2, 0.25) is 0 Å². The van der Waals surface area contributed by atoms with Crippen LogP contribution < -0.4 is 11.1 Å². The Labute approximate surface area is 232 Å². The van der Waals surface area contributed by atoms with Gasteiger partial charge in [-0.15, -0.1) is 0 Å². The molecule has 0 bridgehead atoms. The number of likely N-dealkylation sites (tertiary alicyclic amines) is 1. The van der Waals surface area contributed by atoms with Gasteiger partial charge in [0.15, 0.2) is 0 Å². The third-order valence-electron chi connectivity index (χ3n) is 6.86. The second-order valence-corrected chi connectivity index (χ2v) is 9.43. The van der Waals surface area contributed by atoms with Crippen molar-refractivity contribution in [2.24, 2.45) is 0 Å². The smallest absolute Gasteiger partial charge is 0.369 e. The number of amides is 2. The zero-order valence-corrected chi connectivity index (χ0v) is 21.5. The quantitative estimate of drug-likeness (QED) is 0.344. The van der Waals surface area contributed by atoms with Gasteiger partial charge < -0.3 is 16.0 Å². The highest BCUT2D eigenvalue weighted by molar-refractivity contribution is 6.04. The first-order chi connectivity index (χ1) is 19.6. The lowest BCUT2D eigenvalue weighted by atomic mass is 9.94. The number of nitrogens with two attached hydrogens (primary N) is 1. The maximum Gasteiger partial charge on any atom is 0.417 e. The molecule has 3 N–H and O–H groups in total. The molecule has 0 saturated carbocycles. The van der Waals surface area contributed by atoms with E-state index in [0.29, 0.717) is 37.1 Å². The van der Waals surface area contributed by atoms with Crippen molar-refractivity contribution in [3.05, 3.63) is 83.8 Å². The van der Waals surface area contributed by atoms with E-state index in [9.17, 15) is 22.8 Å². The molecule has 4 aromatic rings. The number of aromatic nitrogens is 4.